The molecule has 1 aromatic carbocycles. The molecule has 8 heteroatoms. The number of ether oxygens (including phenoxy) is 1. The number of H-pyrrole nitrogens is 1. The van der Waals surface area contributed by atoms with E-state index in [9.17, 15) is 8.42 Å². The van der Waals surface area contributed by atoms with Crippen LogP contribution in [0, 0.1) is 13.8 Å². The third-order valence-corrected chi connectivity index (χ3v) is 8.35. The van der Waals surface area contributed by atoms with Gasteiger partial charge in [0.05, 0.1) is 16.9 Å². The minimum atomic E-state index is -3.57. The van der Waals surface area contributed by atoms with Crippen molar-refractivity contribution in [3.05, 3.63) is 47.8 Å². The number of para-hydroxylation sites is 1. The first-order valence-corrected chi connectivity index (χ1v) is 11.4. The zero-order valence-electron chi connectivity index (χ0n) is 16.5. The van der Waals surface area contributed by atoms with Crippen LogP contribution in [0.1, 0.15) is 37.1 Å². The van der Waals surface area contributed by atoms with Gasteiger partial charge in [-0.3, -0.25) is 5.10 Å². The SMILES string of the molecule is Cc1n[nH]c(C)c1S(=O)(=O)N1C2CCC1CC(Oc1ccc3ccccc3n1)C2. The maximum absolute atomic E-state index is 13.4. The molecule has 2 atom stereocenters. The molecule has 0 amide bonds. The van der Waals surface area contributed by atoms with Gasteiger partial charge in [0.15, 0.2) is 0 Å². The van der Waals surface area contributed by atoms with Crippen molar-refractivity contribution >= 4 is 20.9 Å². The van der Waals surface area contributed by atoms with Crippen LogP contribution in [-0.2, 0) is 10.0 Å². The highest BCUT2D eigenvalue weighted by Gasteiger charge is 2.49. The molecular weight excluding hydrogens is 388 g/mol. The lowest BCUT2D eigenvalue weighted by atomic mass is 10.0. The van der Waals surface area contributed by atoms with Gasteiger partial charge in [-0.1, -0.05) is 18.2 Å². The van der Waals surface area contributed by atoms with Gasteiger partial charge in [-0.25, -0.2) is 13.4 Å². The van der Waals surface area contributed by atoms with Gasteiger partial charge < -0.3 is 4.74 Å². The molecule has 2 aromatic heterocycles. The van der Waals surface area contributed by atoms with Gasteiger partial charge in [0.1, 0.15) is 11.0 Å². The average Bonchev–Trinajstić information content (AvgIpc) is 3.18. The Morgan fingerprint density at radius 2 is 1.79 bits per heavy atom. The molecule has 1 N–H and O–H groups in total. The number of benzene rings is 1. The summed E-state index contributed by atoms with van der Waals surface area (Å²) in [6.45, 7) is 3.50. The summed E-state index contributed by atoms with van der Waals surface area (Å²) < 4.78 is 34.7. The van der Waals surface area contributed by atoms with E-state index in [2.05, 4.69) is 15.2 Å². The van der Waals surface area contributed by atoms with Crippen LogP contribution in [0.5, 0.6) is 5.88 Å². The Hall–Kier alpha value is -2.45. The molecule has 2 aliphatic heterocycles. The summed E-state index contributed by atoms with van der Waals surface area (Å²) in [7, 11) is -3.57. The fourth-order valence-corrected chi connectivity index (χ4v) is 7.11. The van der Waals surface area contributed by atoms with Gasteiger partial charge in [-0.2, -0.15) is 9.40 Å². The van der Waals surface area contributed by atoms with Crippen LogP contribution in [0.4, 0.5) is 0 Å². The fourth-order valence-electron chi connectivity index (χ4n) is 4.88. The Morgan fingerprint density at radius 3 is 2.48 bits per heavy atom. The van der Waals surface area contributed by atoms with Gasteiger partial charge in [-0.05, 0) is 38.8 Å². The number of nitrogens with zero attached hydrogens (tertiary/aromatic N) is 3. The van der Waals surface area contributed by atoms with Gasteiger partial charge in [-0.15, -0.1) is 0 Å². The first-order valence-electron chi connectivity index (χ1n) is 10.0. The molecule has 2 unspecified atom stereocenters. The number of pyridine rings is 1. The number of rotatable bonds is 4. The van der Waals surface area contributed by atoms with Crippen molar-refractivity contribution in [3.8, 4) is 5.88 Å². The minimum Gasteiger partial charge on any atom is -0.474 e. The Balaban J connectivity index is 1.37. The molecule has 2 saturated heterocycles. The number of sulfonamides is 1. The molecule has 2 fully saturated rings. The number of aromatic nitrogens is 3. The molecule has 2 bridgehead atoms. The van der Waals surface area contributed by atoms with Crippen molar-refractivity contribution in [1.82, 2.24) is 19.5 Å². The molecule has 4 heterocycles. The maximum Gasteiger partial charge on any atom is 0.247 e. The third kappa shape index (κ3) is 3.11. The molecule has 3 aromatic rings. The van der Waals surface area contributed by atoms with E-state index in [4.69, 9.17) is 4.74 Å². The molecule has 7 nitrogen and oxygen atoms in total. The third-order valence-electron chi connectivity index (χ3n) is 6.08. The van der Waals surface area contributed by atoms with Crippen molar-refractivity contribution < 1.29 is 13.2 Å². The molecule has 0 radical (unpaired) electrons. The van der Waals surface area contributed by atoms with Crippen LogP contribution in [0.25, 0.3) is 10.9 Å². The highest BCUT2D eigenvalue weighted by molar-refractivity contribution is 7.89. The first kappa shape index (κ1) is 18.6. The topological polar surface area (TPSA) is 88.2 Å². The summed E-state index contributed by atoms with van der Waals surface area (Å²) >= 11 is 0. The van der Waals surface area contributed by atoms with Crippen LogP contribution < -0.4 is 4.74 Å². The second-order valence-corrected chi connectivity index (χ2v) is 9.82. The van der Waals surface area contributed by atoms with Crippen molar-refractivity contribution in [2.75, 3.05) is 0 Å². The van der Waals surface area contributed by atoms with Gasteiger partial charge in [0.2, 0.25) is 15.9 Å². The lowest BCUT2D eigenvalue weighted by molar-refractivity contribution is 0.0921. The number of hydrogen-bond acceptors (Lipinski definition) is 5. The summed E-state index contributed by atoms with van der Waals surface area (Å²) in [6.07, 6.45) is 3.06. The van der Waals surface area contributed by atoms with Crippen molar-refractivity contribution in [3.63, 3.8) is 0 Å². The van der Waals surface area contributed by atoms with E-state index in [1.165, 1.54) is 0 Å². The van der Waals surface area contributed by atoms with E-state index in [-0.39, 0.29) is 18.2 Å². The Labute approximate surface area is 170 Å². The molecule has 0 aliphatic carbocycles. The minimum absolute atomic E-state index is 0.0286. The number of piperidine rings is 1. The van der Waals surface area contributed by atoms with Crippen LogP contribution in [0.2, 0.25) is 0 Å². The lowest BCUT2D eigenvalue weighted by Gasteiger charge is -2.37. The molecule has 0 spiro atoms. The Morgan fingerprint density at radius 1 is 1.07 bits per heavy atom. The quantitative estimate of drug-likeness (QED) is 0.710. The second-order valence-electron chi connectivity index (χ2n) is 8.04. The van der Waals surface area contributed by atoms with Crippen molar-refractivity contribution in [2.24, 2.45) is 0 Å². The average molecular weight is 413 g/mol. The molecule has 29 heavy (non-hydrogen) atoms. The van der Waals surface area contributed by atoms with Crippen molar-refractivity contribution in [2.45, 2.75) is 62.6 Å². The zero-order chi connectivity index (χ0) is 20.2. The smallest absolute Gasteiger partial charge is 0.247 e. The number of aromatic amines is 1. The number of fused-ring (bicyclic) bond motifs is 3. The van der Waals surface area contributed by atoms with E-state index in [1.807, 2.05) is 36.4 Å². The Bertz CT molecular complexity index is 1140. The van der Waals surface area contributed by atoms with Crippen molar-refractivity contribution in [1.29, 1.82) is 0 Å². The van der Waals surface area contributed by atoms with Crippen LogP contribution in [-0.4, -0.2) is 46.1 Å². The predicted octanol–water partition coefficient (Wildman–Crippen LogP) is 3.34. The second kappa shape index (κ2) is 6.81. The van der Waals surface area contributed by atoms with Gasteiger partial charge in [0.25, 0.3) is 0 Å². The van der Waals surface area contributed by atoms with E-state index in [1.54, 1.807) is 18.2 Å². The number of hydrogen-bond donors (Lipinski definition) is 1. The largest absolute Gasteiger partial charge is 0.474 e. The summed E-state index contributed by atoms with van der Waals surface area (Å²) in [5.74, 6) is 0.603. The standard InChI is InChI=1S/C21H24N4O3S/c1-13-21(14(2)24-23-13)29(26,27)25-16-8-9-17(25)12-18(11-16)28-20-10-7-15-5-3-4-6-19(15)22-20/h3-7,10,16-18H,8-9,11-12H2,1-2H3,(H,23,24). The molecule has 5 rings (SSSR count). The molecule has 0 saturated carbocycles. The number of aryl methyl sites for hydroxylation is 2. The molecule has 152 valence electrons. The summed E-state index contributed by atoms with van der Waals surface area (Å²) in [5, 5.41) is 7.95. The molecular formula is C21H24N4O3S. The molecule has 2 aliphatic rings. The Kier molecular flexibility index (Phi) is 4.36. The van der Waals surface area contributed by atoms with E-state index in [0.717, 1.165) is 23.7 Å². The van der Waals surface area contributed by atoms with Gasteiger partial charge in [0, 0.05) is 36.4 Å². The lowest BCUT2D eigenvalue weighted by Crippen LogP contribution is -2.49. The maximum atomic E-state index is 13.4. The summed E-state index contributed by atoms with van der Waals surface area (Å²) in [6, 6.07) is 11.8. The van der Waals surface area contributed by atoms with E-state index in [0.29, 0.717) is 35.0 Å². The van der Waals surface area contributed by atoms with Crippen LogP contribution >= 0.6 is 0 Å². The normalized spacial score (nSPS) is 24.8. The highest BCUT2D eigenvalue weighted by atomic mass is 32.2. The zero-order valence-corrected chi connectivity index (χ0v) is 17.3. The highest BCUT2D eigenvalue weighted by Crippen LogP contribution is 2.41. The monoisotopic (exact) mass is 412 g/mol. The first-order chi connectivity index (χ1) is 13.9. The van der Waals surface area contributed by atoms with Crippen LogP contribution in [0.15, 0.2) is 41.3 Å². The van der Waals surface area contributed by atoms with Crippen LogP contribution in [0.3, 0.4) is 0 Å². The fraction of sp³-hybridized carbons (Fsp3) is 0.429. The van der Waals surface area contributed by atoms with E-state index < -0.39 is 10.0 Å². The predicted molar refractivity (Wildman–Crippen MR) is 109 cm³/mol. The van der Waals surface area contributed by atoms with Gasteiger partial charge >= 0.3 is 0 Å². The van der Waals surface area contributed by atoms with E-state index >= 15 is 0 Å². The summed E-state index contributed by atoms with van der Waals surface area (Å²) in [4.78, 5) is 4.93. The summed E-state index contributed by atoms with van der Waals surface area (Å²) in [5.41, 5.74) is 2.03. The number of nitrogens with one attached hydrogen (secondary N) is 1.